The average Bonchev–Trinajstić information content (AvgIpc) is 2.53. The second-order valence-electron chi connectivity index (χ2n) is 3.73. The monoisotopic (exact) mass is 231 g/mol. The van der Waals surface area contributed by atoms with Crippen LogP contribution in [0.1, 0.15) is 20.8 Å². The van der Waals surface area contributed by atoms with Gasteiger partial charge in [-0.15, -0.1) is 11.3 Å². The summed E-state index contributed by atoms with van der Waals surface area (Å²) in [5, 5.41) is 0.782. The second kappa shape index (κ2) is 4.10. The molecule has 2 aromatic rings. The first-order valence-electron chi connectivity index (χ1n) is 5.05. The third-order valence-corrected chi connectivity index (χ3v) is 3.81. The minimum absolute atomic E-state index is 0.690. The Labute approximate surface area is 98.7 Å². The molecule has 1 aromatic carbocycles. The lowest BCUT2D eigenvalue weighted by atomic mass is 9.98. The van der Waals surface area contributed by atoms with Crippen LogP contribution in [0.4, 0.5) is 5.00 Å². The summed E-state index contributed by atoms with van der Waals surface area (Å²) in [7, 11) is 0. The highest BCUT2D eigenvalue weighted by molar-refractivity contribution is 7.16. The highest BCUT2D eigenvalue weighted by Crippen LogP contribution is 2.38. The number of hydrogen-bond donors (Lipinski definition) is 1. The van der Waals surface area contributed by atoms with E-state index in [1.54, 1.807) is 11.3 Å². The third-order valence-electron chi connectivity index (χ3n) is 2.77. The molecule has 0 bridgehead atoms. The van der Waals surface area contributed by atoms with Crippen LogP contribution in [0.2, 0.25) is 0 Å². The van der Waals surface area contributed by atoms with Crippen molar-refractivity contribution in [2.24, 2.45) is 0 Å². The number of rotatable bonds is 2. The Morgan fingerprint density at radius 2 is 1.94 bits per heavy atom. The van der Waals surface area contributed by atoms with Crippen molar-refractivity contribution in [3.05, 3.63) is 40.3 Å². The summed E-state index contributed by atoms with van der Waals surface area (Å²) in [4.78, 5) is 12.2. The zero-order valence-corrected chi connectivity index (χ0v) is 10.1. The van der Waals surface area contributed by atoms with Gasteiger partial charge in [0.25, 0.3) is 0 Å². The van der Waals surface area contributed by atoms with E-state index in [0.717, 1.165) is 28.0 Å². The van der Waals surface area contributed by atoms with Crippen molar-refractivity contribution >= 4 is 22.6 Å². The summed E-state index contributed by atoms with van der Waals surface area (Å²) in [6, 6.07) is 7.54. The van der Waals surface area contributed by atoms with Crippen LogP contribution in [0.3, 0.4) is 0 Å². The van der Waals surface area contributed by atoms with Crippen molar-refractivity contribution in [2.45, 2.75) is 13.8 Å². The molecule has 0 saturated heterocycles. The van der Waals surface area contributed by atoms with Crippen LogP contribution >= 0.6 is 11.3 Å². The first kappa shape index (κ1) is 10.9. The molecule has 0 radical (unpaired) electrons. The van der Waals surface area contributed by atoms with Gasteiger partial charge in [0.1, 0.15) is 0 Å². The average molecular weight is 231 g/mol. The standard InChI is InChI=1S/C13H13NOS/c1-8-9(2)16-13(14)12(8)11-6-4-3-5-10(11)7-15/h3-7H,14H2,1-2H3. The van der Waals surface area contributed by atoms with Crippen molar-refractivity contribution < 1.29 is 4.79 Å². The Bertz CT molecular complexity index is 543. The van der Waals surface area contributed by atoms with Gasteiger partial charge in [0.15, 0.2) is 6.29 Å². The molecule has 1 aromatic heterocycles. The van der Waals surface area contributed by atoms with Crippen LogP contribution in [0.25, 0.3) is 11.1 Å². The molecule has 0 unspecified atom stereocenters. The Morgan fingerprint density at radius 3 is 2.50 bits per heavy atom. The van der Waals surface area contributed by atoms with Crippen molar-refractivity contribution in [3.8, 4) is 11.1 Å². The number of aryl methyl sites for hydroxylation is 1. The molecule has 2 nitrogen and oxygen atoms in total. The molecule has 0 saturated carbocycles. The predicted octanol–water partition coefficient (Wildman–Crippen LogP) is 3.43. The zero-order valence-electron chi connectivity index (χ0n) is 9.28. The molecular formula is C13H13NOS. The molecule has 0 spiro atoms. The number of thiophene rings is 1. The molecule has 0 aliphatic heterocycles. The van der Waals surface area contributed by atoms with Gasteiger partial charge in [-0.1, -0.05) is 24.3 Å². The Morgan fingerprint density at radius 1 is 1.25 bits per heavy atom. The van der Waals surface area contributed by atoms with Crippen LogP contribution in [0.15, 0.2) is 24.3 Å². The van der Waals surface area contributed by atoms with E-state index in [9.17, 15) is 4.79 Å². The Hall–Kier alpha value is -1.61. The molecule has 1 heterocycles. The van der Waals surface area contributed by atoms with E-state index in [1.165, 1.54) is 4.88 Å². The minimum Gasteiger partial charge on any atom is -0.390 e. The van der Waals surface area contributed by atoms with Gasteiger partial charge in [0, 0.05) is 16.0 Å². The SMILES string of the molecule is Cc1sc(N)c(-c2ccccc2C=O)c1C. The lowest BCUT2D eigenvalue weighted by Crippen LogP contribution is -1.91. The number of aldehydes is 1. The zero-order chi connectivity index (χ0) is 11.7. The van der Waals surface area contributed by atoms with Crippen molar-refractivity contribution in [2.75, 3.05) is 5.73 Å². The number of carbonyl (C=O) groups is 1. The Balaban J connectivity index is 2.71. The predicted molar refractivity (Wildman–Crippen MR) is 69.0 cm³/mol. The summed E-state index contributed by atoms with van der Waals surface area (Å²) in [5.41, 5.74) is 9.79. The highest BCUT2D eigenvalue weighted by Gasteiger charge is 2.14. The molecule has 2 N–H and O–H groups in total. The van der Waals surface area contributed by atoms with Crippen LogP contribution in [-0.4, -0.2) is 6.29 Å². The van der Waals surface area contributed by atoms with E-state index in [1.807, 2.05) is 38.1 Å². The fraction of sp³-hybridized carbons (Fsp3) is 0.154. The maximum Gasteiger partial charge on any atom is 0.150 e. The normalized spacial score (nSPS) is 10.4. The molecule has 0 aliphatic rings. The summed E-state index contributed by atoms with van der Waals surface area (Å²) in [5.74, 6) is 0. The number of hydrogen-bond acceptors (Lipinski definition) is 3. The molecule has 3 heteroatoms. The van der Waals surface area contributed by atoms with E-state index in [-0.39, 0.29) is 0 Å². The lowest BCUT2D eigenvalue weighted by Gasteiger charge is -2.05. The summed E-state index contributed by atoms with van der Waals surface area (Å²) in [6.45, 7) is 4.09. The maximum atomic E-state index is 11.0. The highest BCUT2D eigenvalue weighted by atomic mass is 32.1. The molecule has 82 valence electrons. The largest absolute Gasteiger partial charge is 0.390 e. The van der Waals surface area contributed by atoms with Gasteiger partial charge in [-0.2, -0.15) is 0 Å². The van der Waals surface area contributed by atoms with Crippen LogP contribution in [0, 0.1) is 13.8 Å². The fourth-order valence-corrected chi connectivity index (χ4v) is 2.77. The van der Waals surface area contributed by atoms with Crippen LogP contribution in [-0.2, 0) is 0 Å². The lowest BCUT2D eigenvalue weighted by molar-refractivity contribution is 0.112. The maximum absolute atomic E-state index is 11.0. The topological polar surface area (TPSA) is 43.1 Å². The molecule has 16 heavy (non-hydrogen) atoms. The third kappa shape index (κ3) is 1.63. The van der Waals surface area contributed by atoms with Crippen molar-refractivity contribution in [1.29, 1.82) is 0 Å². The smallest absolute Gasteiger partial charge is 0.150 e. The van der Waals surface area contributed by atoms with Gasteiger partial charge in [-0.3, -0.25) is 4.79 Å². The summed E-state index contributed by atoms with van der Waals surface area (Å²) >= 11 is 1.57. The van der Waals surface area contributed by atoms with E-state index in [2.05, 4.69) is 0 Å². The van der Waals surface area contributed by atoms with E-state index < -0.39 is 0 Å². The number of nitrogen functional groups attached to an aromatic ring is 1. The van der Waals surface area contributed by atoms with Gasteiger partial charge >= 0.3 is 0 Å². The quantitative estimate of drug-likeness (QED) is 0.805. The van der Waals surface area contributed by atoms with Crippen molar-refractivity contribution in [3.63, 3.8) is 0 Å². The van der Waals surface area contributed by atoms with Gasteiger partial charge in [0.05, 0.1) is 5.00 Å². The summed E-state index contributed by atoms with van der Waals surface area (Å²) < 4.78 is 0. The van der Waals surface area contributed by atoms with Crippen LogP contribution in [0.5, 0.6) is 0 Å². The van der Waals surface area contributed by atoms with E-state index in [4.69, 9.17) is 5.73 Å². The summed E-state index contributed by atoms with van der Waals surface area (Å²) in [6.07, 6.45) is 0.876. The van der Waals surface area contributed by atoms with Gasteiger partial charge in [0.2, 0.25) is 0 Å². The van der Waals surface area contributed by atoms with Gasteiger partial charge in [-0.05, 0) is 25.0 Å². The molecular weight excluding hydrogens is 218 g/mol. The van der Waals surface area contributed by atoms with Gasteiger partial charge < -0.3 is 5.73 Å². The minimum atomic E-state index is 0.690. The first-order valence-corrected chi connectivity index (χ1v) is 5.87. The number of benzene rings is 1. The first-order chi connectivity index (χ1) is 7.65. The second-order valence-corrected chi connectivity index (χ2v) is 4.98. The molecule has 0 fully saturated rings. The van der Waals surface area contributed by atoms with E-state index in [0.29, 0.717) is 5.56 Å². The fourth-order valence-electron chi connectivity index (χ4n) is 1.82. The number of nitrogens with two attached hydrogens (primary N) is 1. The number of carbonyl (C=O) groups excluding carboxylic acids is 1. The molecule has 0 aliphatic carbocycles. The van der Waals surface area contributed by atoms with E-state index >= 15 is 0 Å². The molecule has 2 rings (SSSR count). The Kier molecular flexibility index (Phi) is 2.79. The van der Waals surface area contributed by atoms with Crippen molar-refractivity contribution in [1.82, 2.24) is 0 Å². The number of anilines is 1. The van der Waals surface area contributed by atoms with Crippen LogP contribution < -0.4 is 5.73 Å². The van der Waals surface area contributed by atoms with Gasteiger partial charge in [-0.25, -0.2) is 0 Å². The molecule has 0 atom stereocenters. The molecule has 0 amide bonds.